The highest BCUT2D eigenvalue weighted by Crippen LogP contribution is 2.06. The molecule has 0 aromatic heterocycles. The van der Waals surface area contributed by atoms with Crippen LogP contribution in [-0.2, 0) is 0 Å². The lowest BCUT2D eigenvalue weighted by Crippen LogP contribution is -3.00. The summed E-state index contributed by atoms with van der Waals surface area (Å²) in [5, 5.41) is 2.98. The number of hydrogen-bond donors (Lipinski definition) is 2. The molecule has 0 aliphatic carbocycles. The van der Waals surface area contributed by atoms with Crippen molar-refractivity contribution in [3.63, 3.8) is 0 Å². The summed E-state index contributed by atoms with van der Waals surface area (Å²) >= 11 is 0. The first-order chi connectivity index (χ1) is 9.06. The van der Waals surface area contributed by atoms with Gasteiger partial charge in [-0.3, -0.25) is 4.79 Å². The van der Waals surface area contributed by atoms with E-state index in [9.17, 15) is 4.79 Å². The summed E-state index contributed by atoms with van der Waals surface area (Å²) in [4.78, 5) is 11.9. The Balaban J connectivity index is 0.00000361. The van der Waals surface area contributed by atoms with Crippen LogP contribution >= 0.6 is 0 Å². The van der Waals surface area contributed by atoms with Crippen LogP contribution in [0, 0.1) is 0 Å². The third-order valence-electron chi connectivity index (χ3n) is 4.06. The summed E-state index contributed by atoms with van der Waals surface area (Å²) < 4.78 is 1.04. The molecule has 0 bridgehead atoms. The molecule has 114 valence electrons. The summed E-state index contributed by atoms with van der Waals surface area (Å²) in [5.41, 5.74) is 6.94. The Labute approximate surface area is 132 Å². The van der Waals surface area contributed by atoms with Gasteiger partial charge in [-0.25, -0.2) is 0 Å². The van der Waals surface area contributed by atoms with E-state index in [1.54, 1.807) is 24.3 Å². The predicted octanol–water partition coefficient (Wildman–Crippen LogP) is -1.12. The van der Waals surface area contributed by atoms with Gasteiger partial charge < -0.3 is 32.5 Å². The number of quaternary nitrogens is 1. The molecule has 1 aromatic rings. The third kappa shape index (κ3) is 5.13. The Bertz CT molecular complexity index is 394. The number of benzene rings is 1. The zero-order valence-corrected chi connectivity index (χ0v) is 14.2. The number of halogens is 1. The van der Waals surface area contributed by atoms with Crippen LogP contribution in [0.2, 0.25) is 0 Å². The van der Waals surface area contributed by atoms with E-state index in [1.165, 1.54) is 0 Å². The minimum atomic E-state index is -0.0265. The minimum absolute atomic E-state index is 0. The van der Waals surface area contributed by atoms with Gasteiger partial charge in [-0.1, -0.05) is 0 Å². The first-order valence-electron chi connectivity index (χ1n) is 7.05. The van der Waals surface area contributed by atoms with E-state index in [4.69, 9.17) is 5.73 Å². The van der Waals surface area contributed by atoms with Crippen LogP contribution in [0.15, 0.2) is 24.3 Å². The molecule has 0 saturated carbocycles. The third-order valence-corrected chi connectivity index (χ3v) is 4.06. The second kappa shape index (κ2) is 8.97. The van der Waals surface area contributed by atoms with Crippen LogP contribution in [0.1, 0.15) is 31.1 Å². The van der Waals surface area contributed by atoms with E-state index in [0.717, 1.165) is 30.7 Å². The molecule has 0 spiro atoms. The van der Waals surface area contributed by atoms with E-state index in [-0.39, 0.29) is 22.9 Å². The van der Waals surface area contributed by atoms with Gasteiger partial charge in [0.1, 0.15) is 0 Å². The van der Waals surface area contributed by atoms with Gasteiger partial charge in [0.2, 0.25) is 0 Å². The molecule has 0 saturated heterocycles. The largest absolute Gasteiger partial charge is 1.00 e. The molecule has 1 amide bonds. The van der Waals surface area contributed by atoms with Crippen molar-refractivity contribution in [2.45, 2.75) is 20.8 Å². The highest BCUT2D eigenvalue weighted by molar-refractivity contribution is 5.94. The second-order valence-electron chi connectivity index (χ2n) is 4.89. The standard InChI is InChI=1S/C15H25N3O.BrH/c1-4-18(5-2,6-3)12-11-17-15(19)13-7-9-14(16)10-8-13;/h7-10H,4-6,11-12H2,1-3H3,(H2-,16,17,19);1H. The van der Waals surface area contributed by atoms with Crippen molar-refractivity contribution >= 4 is 11.6 Å². The summed E-state index contributed by atoms with van der Waals surface area (Å²) in [5.74, 6) is -0.0265. The number of nitrogens with one attached hydrogen (secondary N) is 1. The van der Waals surface area contributed by atoms with E-state index in [1.807, 2.05) is 0 Å². The molecule has 0 atom stereocenters. The van der Waals surface area contributed by atoms with Crippen molar-refractivity contribution in [2.24, 2.45) is 0 Å². The number of nitrogen functional groups attached to an aromatic ring is 1. The molecule has 0 aliphatic heterocycles. The van der Waals surface area contributed by atoms with Gasteiger partial charge in [0, 0.05) is 11.3 Å². The Morgan fingerprint density at radius 1 is 1.10 bits per heavy atom. The Morgan fingerprint density at radius 3 is 2.05 bits per heavy atom. The number of carbonyl (C=O) groups excluding carboxylic acids is 1. The predicted molar refractivity (Wildman–Crippen MR) is 79.9 cm³/mol. The van der Waals surface area contributed by atoms with Crippen LogP contribution in [0.5, 0.6) is 0 Å². The molecule has 4 nitrogen and oxygen atoms in total. The van der Waals surface area contributed by atoms with Crippen molar-refractivity contribution in [3.8, 4) is 0 Å². The zero-order valence-electron chi connectivity index (χ0n) is 12.7. The minimum Gasteiger partial charge on any atom is -1.00 e. The number of rotatable bonds is 7. The molecule has 20 heavy (non-hydrogen) atoms. The molecule has 0 fully saturated rings. The van der Waals surface area contributed by atoms with Crippen molar-refractivity contribution in [3.05, 3.63) is 29.8 Å². The van der Waals surface area contributed by atoms with Gasteiger partial charge >= 0.3 is 0 Å². The van der Waals surface area contributed by atoms with Crippen molar-refractivity contribution in [1.82, 2.24) is 5.32 Å². The molecule has 5 heteroatoms. The Kier molecular flexibility index (Phi) is 8.49. The highest BCUT2D eigenvalue weighted by atomic mass is 79.9. The Hall–Kier alpha value is -1.07. The molecule has 1 aromatic carbocycles. The van der Waals surface area contributed by atoms with E-state index in [2.05, 4.69) is 26.1 Å². The fraction of sp³-hybridized carbons (Fsp3) is 0.533. The Morgan fingerprint density at radius 2 is 1.60 bits per heavy atom. The fourth-order valence-corrected chi connectivity index (χ4v) is 2.29. The summed E-state index contributed by atoms with van der Waals surface area (Å²) in [6, 6.07) is 7.01. The monoisotopic (exact) mass is 343 g/mol. The summed E-state index contributed by atoms with van der Waals surface area (Å²) in [6.07, 6.45) is 0. The number of amides is 1. The summed E-state index contributed by atoms with van der Waals surface area (Å²) in [6.45, 7) is 11.6. The number of nitrogens with two attached hydrogens (primary N) is 1. The van der Waals surface area contributed by atoms with Crippen LogP contribution in [-0.4, -0.2) is 43.1 Å². The smallest absolute Gasteiger partial charge is 0.251 e. The van der Waals surface area contributed by atoms with Crippen molar-refractivity contribution in [1.29, 1.82) is 0 Å². The topological polar surface area (TPSA) is 55.1 Å². The fourth-order valence-electron chi connectivity index (χ4n) is 2.29. The van der Waals surface area contributed by atoms with E-state index < -0.39 is 0 Å². The second-order valence-corrected chi connectivity index (χ2v) is 4.89. The maximum Gasteiger partial charge on any atom is 0.251 e. The lowest BCUT2D eigenvalue weighted by molar-refractivity contribution is -0.922. The first kappa shape index (κ1) is 18.9. The SMILES string of the molecule is CC[N+](CC)(CC)CCNC(=O)c1ccc(N)cc1.[Br-]. The number of carbonyl (C=O) groups is 1. The van der Waals surface area contributed by atoms with Crippen molar-refractivity contribution in [2.75, 3.05) is 38.5 Å². The van der Waals surface area contributed by atoms with Gasteiger partial charge in [0.05, 0.1) is 32.7 Å². The molecule has 3 N–H and O–H groups in total. The maximum atomic E-state index is 11.9. The maximum absolute atomic E-state index is 11.9. The van der Waals surface area contributed by atoms with Gasteiger partial charge in [0.25, 0.3) is 5.91 Å². The lowest BCUT2D eigenvalue weighted by atomic mass is 10.2. The van der Waals surface area contributed by atoms with Crippen LogP contribution in [0.25, 0.3) is 0 Å². The number of anilines is 1. The molecule has 0 unspecified atom stereocenters. The normalized spacial score (nSPS) is 10.8. The number of likely N-dealkylation sites (N-methyl/N-ethyl adjacent to an activating group) is 1. The van der Waals surface area contributed by atoms with Gasteiger partial charge in [-0.2, -0.15) is 0 Å². The zero-order chi connectivity index (χ0) is 14.3. The number of nitrogens with zero attached hydrogens (tertiary/aromatic N) is 1. The van der Waals surface area contributed by atoms with Crippen molar-refractivity contribution < 1.29 is 26.3 Å². The quantitative estimate of drug-likeness (QED) is 0.486. The summed E-state index contributed by atoms with van der Waals surface area (Å²) in [7, 11) is 0. The first-order valence-corrected chi connectivity index (χ1v) is 7.05. The molecule has 0 aliphatic rings. The van der Waals surface area contributed by atoms with Crippen LogP contribution in [0.3, 0.4) is 0 Å². The van der Waals surface area contributed by atoms with Crippen LogP contribution < -0.4 is 28.0 Å². The highest BCUT2D eigenvalue weighted by Gasteiger charge is 2.20. The molecule has 0 heterocycles. The average Bonchev–Trinajstić information content (AvgIpc) is 2.45. The van der Waals surface area contributed by atoms with Gasteiger partial charge in [-0.15, -0.1) is 0 Å². The van der Waals surface area contributed by atoms with E-state index in [0.29, 0.717) is 17.8 Å². The average molecular weight is 344 g/mol. The molecule has 1 rings (SSSR count). The lowest BCUT2D eigenvalue weighted by Gasteiger charge is -2.35. The van der Waals surface area contributed by atoms with Gasteiger partial charge in [0.15, 0.2) is 0 Å². The number of hydrogen-bond acceptors (Lipinski definition) is 2. The molecular formula is C15H26BrN3O. The molecule has 0 radical (unpaired) electrons. The van der Waals surface area contributed by atoms with Gasteiger partial charge in [-0.05, 0) is 45.0 Å². The molecular weight excluding hydrogens is 318 g/mol. The van der Waals surface area contributed by atoms with E-state index >= 15 is 0 Å². The van der Waals surface area contributed by atoms with Crippen LogP contribution in [0.4, 0.5) is 5.69 Å².